The van der Waals surface area contributed by atoms with Crippen LogP contribution in [-0.4, -0.2) is 79.2 Å². The molecule has 0 bridgehead atoms. The standard InChI is InChI=1S/C30H38N2O6/c1-3-18-37-24-10-6-22(7-11-24)27-26(28(33)23-8-12-25(13-9-23)38-19-4-2)29(34)30(35)32(27)15-5-14-31-16-20-36-21-17-31/h6-13,27,33H,3-5,14-21H2,1-2H3/b28-26+. The van der Waals surface area contributed by atoms with Crippen LogP contribution in [0.1, 0.15) is 50.3 Å². The third-order valence-corrected chi connectivity index (χ3v) is 6.79. The van der Waals surface area contributed by atoms with E-state index in [0.717, 1.165) is 43.8 Å². The quantitative estimate of drug-likeness (QED) is 0.251. The summed E-state index contributed by atoms with van der Waals surface area (Å²) in [5, 5.41) is 11.3. The number of hydrogen-bond acceptors (Lipinski definition) is 7. The van der Waals surface area contributed by atoms with Crippen LogP contribution in [0.15, 0.2) is 54.1 Å². The van der Waals surface area contributed by atoms with Crippen molar-refractivity contribution in [2.75, 3.05) is 52.6 Å². The summed E-state index contributed by atoms with van der Waals surface area (Å²) in [7, 11) is 0. The molecule has 1 amide bonds. The van der Waals surface area contributed by atoms with E-state index >= 15 is 0 Å². The lowest BCUT2D eigenvalue weighted by Crippen LogP contribution is -2.38. The van der Waals surface area contributed by atoms with E-state index in [-0.39, 0.29) is 11.3 Å². The van der Waals surface area contributed by atoms with E-state index in [1.54, 1.807) is 29.2 Å². The molecular weight excluding hydrogens is 484 g/mol. The Kier molecular flexibility index (Phi) is 9.79. The highest BCUT2D eigenvalue weighted by atomic mass is 16.5. The van der Waals surface area contributed by atoms with Crippen LogP contribution in [0.2, 0.25) is 0 Å². The Morgan fingerprint density at radius 1 is 0.895 bits per heavy atom. The zero-order valence-corrected chi connectivity index (χ0v) is 22.4. The molecule has 8 nitrogen and oxygen atoms in total. The minimum Gasteiger partial charge on any atom is -0.507 e. The van der Waals surface area contributed by atoms with Gasteiger partial charge in [0, 0.05) is 31.7 Å². The minimum atomic E-state index is -0.684. The highest BCUT2D eigenvalue weighted by molar-refractivity contribution is 6.46. The first-order chi connectivity index (χ1) is 18.5. The number of amides is 1. The van der Waals surface area contributed by atoms with Crippen LogP contribution in [0.3, 0.4) is 0 Å². The molecule has 1 atom stereocenters. The molecule has 2 aliphatic rings. The van der Waals surface area contributed by atoms with Crippen molar-refractivity contribution in [3.8, 4) is 11.5 Å². The van der Waals surface area contributed by atoms with E-state index < -0.39 is 17.7 Å². The Morgan fingerprint density at radius 3 is 2.05 bits per heavy atom. The highest BCUT2D eigenvalue weighted by Crippen LogP contribution is 2.40. The summed E-state index contributed by atoms with van der Waals surface area (Å²) in [5.41, 5.74) is 1.32. The summed E-state index contributed by atoms with van der Waals surface area (Å²) in [4.78, 5) is 30.5. The number of Topliss-reactive ketones (excluding diaryl/α,β-unsaturated/α-hetero) is 1. The Bertz CT molecular complexity index is 1110. The summed E-state index contributed by atoms with van der Waals surface area (Å²) in [6, 6.07) is 13.7. The second-order valence-corrected chi connectivity index (χ2v) is 9.59. The third-order valence-electron chi connectivity index (χ3n) is 6.79. The number of carbonyl (C=O) groups is 2. The highest BCUT2D eigenvalue weighted by Gasteiger charge is 2.45. The van der Waals surface area contributed by atoms with E-state index in [4.69, 9.17) is 14.2 Å². The molecule has 2 saturated heterocycles. The van der Waals surface area contributed by atoms with Crippen LogP contribution < -0.4 is 9.47 Å². The van der Waals surface area contributed by atoms with Gasteiger partial charge in [-0.25, -0.2) is 0 Å². The smallest absolute Gasteiger partial charge is 0.295 e. The Morgan fingerprint density at radius 2 is 1.47 bits per heavy atom. The molecule has 2 aromatic carbocycles. The molecule has 0 aliphatic carbocycles. The first kappa shape index (κ1) is 27.7. The van der Waals surface area contributed by atoms with E-state index in [0.29, 0.717) is 50.7 Å². The number of hydrogen-bond donors (Lipinski definition) is 1. The van der Waals surface area contributed by atoms with Crippen molar-refractivity contribution in [1.82, 2.24) is 9.80 Å². The van der Waals surface area contributed by atoms with Gasteiger partial charge in [-0.05, 0) is 61.2 Å². The van der Waals surface area contributed by atoms with Crippen LogP contribution in [0.25, 0.3) is 5.76 Å². The average molecular weight is 523 g/mol. The van der Waals surface area contributed by atoms with Gasteiger partial charge in [0.05, 0.1) is 38.0 Å². The maximum absolute atomic E-state index is 13.3. The maximum Gasteiger partial charge on any atom is 0.295 e. The van der Waals surface area contributed by atoms with E-state index in [1.165, 1.54) is 0 Å². The summed E-state index contributed by atoms with van der Waals surface area (Å²) in [6.07, 6.45) is 2.50. The summed E-state index contributed by atoms with van der Waals surface area (Å²) >= 11 is 0. The SMILES string of the molecule is CCCOc1ccc(/C(O)=C2\C(=O)C(=O)N(CCCN3CCOCC3)C2c2ccc(OCCC)cc2)cc1. The Balaban J connectivity index is 1.63. The first-order valence-corrected chi connectivity index (χ1v) is 13.6. The lowest BCUT2D eigenvalue weighted by molar-refractivity contribution is -0.140. The van der Waals surface area contributed by atoms with Gasteiger partial charge in [0.2, 0.25) is 0 Å². The van der Waals surface area contributed by atoms with Gasteiger partial charge in [0.15, 0.2) is 0 Å². The summed E-state index contributed by atoms with van der Waals surface area (Å²) in [5.74, 6) is -0.0321. The van der Waals surface area contributed by atoms with Crippen molar-refractivity contribution in [3.05, 3.63) is 65.2 Å². The molecule has 38 heavy (non-hydrogen) atoms. The van der Waals surface area contributed by atoms with Gasteiger partial charge < -0.3 is 24.2 Å². The van der Waals surface area contributed by atoms with Gasteiger partial charge in [0.25, 0.3) is 11.7 Å². The molecule has 0 spiro atoms. The average Bonchev–Trinajstić information content (AvgIpc) is 3.21. The molecular formula is C30H38N2O6. The van der Waals surface area contributed by atoms with E-state index in [9.17, 15) is 14.7 Å². The minimum absolute atomic E-state index is 0.103. The van der Waals surface area contributed by atoms with Crippen molar-refractivity contribution in [2.45, 2.75) is 39.2 Å². The normalized spacial score (nSPS) is 19.6. The zero-order chi connectivity index (χ0) is 26.9. The fraction of sp³-hybridized carbons (Fsp3) is 0.467. The van der Waals surface area contributed by atoms with Crippen molar-refractivity contribution in [2.24, 2.45) is 0 Å². The molecule has 2 heterocycles. The van der Waals surface area contributed by atoms with Crippen LogP contribution in [0.4, 0.5) is 0 Å². The number of morpholine rings is 1. The van der Waals surface area contributed by atoms with Crippen molar-refractivity contribution in [3.63, 3.8) is 0 Å². The molecule has 0 saturated carbocycles. The van der Waals surface area contributed by atoms with Gasteiger partial charge in [-0.2, -0.15) is 0 Å². The number of benzene rings is 2. The lowest BCUT2D eigenvalue weighted by Gasteiger charge is -2.29. The van der Waals surface area contributed by atoms with Gasteiger partial charge >= 0.3 is 0 Å². The number of rotatable bonds is 12. The molecule has 1 N–H and O–H groups in total. The van der Waals surface area contributed by atoms with Crippen molar-refractivity contribution >= 4 is 17.4 Å². The molecule has 1 unspecified atom stereocenters. The maximum atomic E-state index is 13.3. The molecule has 2 aliphatic heterocycles. The van der Waals surface area contributed by atoms with Gasteiger partial charge in [0.1, 0.15) is 17.3 Å². The monoisotopic (exact) mass is 522 g/mol. The second kappa shape index (κ2) is 13.4. The molecule has 0 radical (unpaired) electrons. The first-order valence-electron chi connectivity index (χ1n) is 13.6. The largest absolute Gasteiger partial charge is 0.507 e. The number of carbonyl (C=O) groups excluding carboxylic acids is 2. The predicted molar refractivity (Wildman–Crippen MR) is 145 cm³/mol. The topological polar surface area (TPSA) is 88.5 Å². The number of aliphatic hydroxyl groups is 1. The second-order valence-electron chi connectivity index (χ2n) is 9.59. The van der Waals surface area contributed by atoms with Gasteiger partial charge in [-0.1, -0.05) is 26.0 Å². The lowest BCUT2D eigenvalue weighted by atomic mass is 9.95. The molecule has 4 rings (SSSR count). The Hall–Kier alpha value is -3.36. The number of ketones is 1. The molecule has 2 aromatic rings. The number of aliphatic hydroxyl groups excluding tert-OH is 1. The molecule has 204 valence electrons. The van der Waals surface area contributed by atoms with Crippen LogP contribution in [0, 0.1) is 0 Å². The molecule has 0 aromatic heterocycles. The van der Waals surface area contributed by atoms with E-state index in [2.05, 4.69) is 4.90 Å². The van der Waals surface area contributed by atoms with Crippen LogP contribution in [0.5, 0.6) is 11.5 Å². The van der Waals surface area contributed by atoms with E-state index in [1.807, 2.05) is 38.1 Å². The fourth-order valence-electron chi connectivity index (χ4n) is 4.80. The number of ether oxygens (including phenoxy) is 3. The number of likely N-dealkylation sites (tertiary alicyclic amines) is 1. The molecule has 8 heteroatoms. The Labute approximate surface area is 224 Å². The van der Waals surface area contributed by atoms with Gasteiger partial charge in [-0.15, -0.1) is 0 Å². The van der Waals surface area contributed by atoms with Crippen molar-refractivity contribution < 1.29 is 28.9 Å². The van der Waals surface area contributed by atoms with Gasteiger partial charge in [-0.3, -0.25) is 14.5 Å². The molecule has 2 fully saturated rings. The third kappa shape index (κ3) is 6.55. The zero-order valence-electron chi connectivity index (χ0n) is 22.4. The summed E-state index contributed by atoms with van der Waals surface area (Å²) in [6.45, 7) is 9.63. The van der Waals surface area contributed by atoms with Crippen LogP contribution in [-0.2, 0) is 14.3 Å². The number of nitrogens with zero attached hydrogens (tertiary/aromatic N) is 2. The predicted octanol–water partition coefficient (Wildman–Crippen LogP) is 4.41. The van der Waals surface area contributed by atoms with Crippen LogP contribution >= 0.6 is 0 Å². The fourth-order valence-corrected chi connectivity index (χ4v) is 4.80. The van der Waals surface area contributed by atoms with Crippen molar-refractivity contribution in [1.29, 1.82) is 0 Å². The summed E-state index contributed by atoms with van der Waals surface area (Å²) < 4.78 is 16.8.